The maximum Gasteiger partial charge on any atom is 0.347 e. The molecule has 0 atom stereocenters. The molecule has 0 bridgehead atoms. The van der Waals surface area contributed by atoms with Gasteiger partial charge in [-0.3, -0.25) is 37.7 Å². The van der Waals surface area contributed by atoms with E-state index >= 15 is 0 Å². The summed E-state index contributed by atoms with van der Waals surface area (Å²) in [6.45, 7) is 16.7. The Balaban J connectivity index is 0.000000152. The molecule has 2 aliphatic heterocycles. The number of rotatable bonds is 15. The normalized spacial score (nSPS) is 12.9. The number of piperazine rings is 2. The van der Waals surface area contributed by atoms with E-state index in [2.05, 4.69) is 5.32 Å². The molecule has 2 amide bonds. The fraction of sp³-hybridized carbons (Fsp3) is 0.278. The summed E-state index contributed by atoms with van der Waals surface area (Å²) in [7, 11) is 0. The molecule has 0 aliphatic carbocycles. The minimum atomic E-state index is -0.872. The van der Waals surface area contributed by atoms with E-state index in [0.29, 0.717) is 78.7 Å². The molecular weight excluding hydrogens is 1410 g/mol. The van der Waals surface area contributed by atoms with Crippen LogP contribution >= 0.6 is 68.3 Å². The summed E-state index contributed by atoms with van der Waals surface area (Å²) in [4.78, 5) is 114. The first-order valence-electron chi connectivity index (χ1n) is 31.8. The maximum absolute atomic E-state index is 13.9. The number of carbonyl (C=O) groups is 5. The van der Waals surface area contributed by atoms with Crippen molar-refractivity contribution >= 4 is 134 Å². The van der Waals surface area contributed by atoms with E-state index in [4.69, 9.17) is 25.8 Å². The second-order valence-corrected chi connectivity index (χ2v) is 28.8. The van der Waals surface area contributed by atoms with Gasteiger partial charge in [-0.2, -0.15) is 0 Å². The number of aromatic hydroxyl groups is 1. The number of anilines is 1. The van der Waals surface area contributed by atoms with Gasteiger partial charge < -0.3 is 39.3 Å². The van der Waals surface area contributed by atoms with Crippen LogP contribution in [0.3, 0.4) is 0 Å². The second-order valence-electron chi connectivity index (χ2n) is 22.9. The molecule has 0 unspecified atom stereocenters. The number of halogens is 4. The van der Waals surface area contributed by atoms with Gasteiger partial charge in [0.15, 0.2) is 5.56 Å². The first-order valence-corrected chi connectivity index (χ1v) is 36.4. The third kappa shape index (κ3) is 16.8. The number of esters is 3. The monoisotopic (exact) mass is 1480 g/mol. The molecule has 2 saturated heterocycles. The fourth-order valence-corrected chi connectivity index (χ4v) is 16.2. The van der Waals surface area contributed by atoms with Crippen molar-refractivity contribution in [2.75, 3.05) is 77.1 Å². The molecule has 8 aromatic heterocycles. The highest BCUT2D eigenvalue weighted by Gasteiger charge is 2.33. The van der Waals surface area contributed by atoms with Crippen molar-refractivity contribution in [3.05, 3.63) is 237 Å². The highest BCUT2D eigenvalue weighted by Crippen LogP contribution is 2.38. The van der Waals surface area contributed by atoms with Gasteiger partial charge in [-0.15, -0.1) is 56.7 Å². The topological polar surface area (TPSA) is 221 Å². The second kappa shape index (κ2) is 33.3. The highest BCUT2D eigenvalue weighted by molar-refractivity contribution is 7.19. The predicted molar refractivity (Wildman–Crippen MR) is 389 cm³/mol. The summed E-state index contributed by atoms with van der Waals surface area (Å²) < 4.78 is 60.4. The van der Waals surface area contributed by atoms with Crippen LogP contribution in [0.5, 0.6) is 5.75 Å². The van der Waals surface area contributed by atoms with Crippen molar-refractivity contribution in [1.82, 2.24) is 28.8 Å². The number of aromatic nitrogens is 3. The average molecular weight is 1480 g/mol. The number of thiophene rings is 5. The molecule has 2 fully saturated rings. The molecule has 0 spiro atoms. The standard InChI is InChI=1S/C27H26FN3O4S2.C18H15ClFNO3S.C18H16FNO4S.C9H12N2OS/c1-3-35-27(34)22-23(29-9-11-30(12-10-29)24(32)21-8-5-13-36-21)20-14-17(2)37-26(20)31(25(22)33)16-18-6-4-7-19(28)15-18;1-3-24-18(23)14-15(19)13-7-10(2)25-17(13)21(16(14)22)9-11-5-4-6-12(20)8-11;1-3-24-18(23)14-15(21)13-7-10(2)25-17(13)20(16(14)22)9-11-5-4-6-12(19)8-11;12-9(8-2-1-7-13-8)11-5-3-10-4-6-11/h4-8,13-15H,3,9-12,16H2,1-2H3;4-8H,3,9H2,1-2H3;4-8,21H,3,9H2,1-2H3;1-2,7,10H,3-6H2. The number of carbonyl (C=O) groups excluding carboxylic acids is 5. The van der Waals surface area contributed by atoms with Crippen molar-refractivity contribution in [2.45, 2.75) is 61.2 Å². The summed E-state index contributed by atoms with van der Waals surface area (Å²) >= 11 is 13.4. The van der Waals surface area contributed by atoms with E-state index in [1.165, 1.54) is 107 Å². The van der Waals surface area contributed by atoms with Crippen molar-refractivity contribution in [3.63, 3.8) is 0 Å². The Hall–Kier alpha value is -9.22. The maximum atomic E-state index is 13.9. The van der Waals surface area contributed by atoms with E-state index in [9.17, 15) is 56.6 Å². The van der Waals surface area contributed by atoms with Crippen molar-refractivity contribution in [2.24, 2.45) is 0 Å². The Kier molecular flexibility index (Phi) is 24.5. The van der Waals surface area contributed by atoms with Gasteiger partial charge >= 0.3 is 17.9 Å². The van der Waals surface area contributed by atoms with Crippen LogP contribution in [-0.2, 0) is 33.8 Å². The van der Waals surface area contributed by atoms with E-state index < -0.39 is 46.0 Å². The molecule has 522 valence electrons. The quantitative estimate of drug-likeness (QED) is 0.0720. The zero-order valence-electron chi connectivity index (χ0n) is 55.2. The third-order valence-electron chi connectivity index (χ3n) is 15.9. The van der Waals surface area contributed by atoms with Crippen LogP contribution in [0.25, 0.3) is 30.6 Å². The van der Waals surface area contributed by atoms with Gasteiger partial charge in [0.05, 0.1) is 65.3 Å². The minimum absolute atomic E-state index is 0.0118. The van der Waals surface area contributed by atoms with Gasteiger partial charge in [0, 0.05) is 77.8 Å². The van der Waals surface area contributed by atoms with Gasteiger partial charge in [0.1, 0.15) is 48.8 Å². The highest BCUT2D eigenvalue weighted by atomic mass is 35.5. The molecule has 3 aromatic carbocycles. The van der Waals surface area contributed by atoms with Crippen molar-refractivity contribution in [1.29, 1.82) is 0 Å². The molecule has 100 heavy (non-hydrogen) atoms. The summed E-state index contributed by atoms with van der Waals surface area (Å²) in [5.41, 5.74) is 0.0805. The van der Waals surface area contributed by atoms with Crippen LogP contribution in [-0.4, -0.2) is 131 Å². The van der Waals surface area contributed by atoms with Gasteiger partial charge in [0.2, 0.25) is 0 Å². The molecule has 13 rings (SSSR count). The number of benzene rings is 3. The number of aryl methyl sites for hydroxylation is 3. The Bertz CT molecular complexity index is 4850. The number of nitrogens with zero attached hydrogens (tertiary/aromatic N) is 6. The van der Waals surface area contributed by atoms with E-state index in [-0.39, 0.29) is 84.8 Å². The molecule has 11 aromatic rings. The number of hydrogen-bond donors (Lipinski definition) is 2. The lowest BCUT2D eigenvalue weighted by Crippen LogP contribution is -2.49. The number of amides is 2. The fourth-order valence-electron chi connectivity index (χ4n) is 11.5. The number of hydrogen-bond acceptors (Lipinski definition) is 19. The number of ether oxygens (including phenoxy) is 3. The molecule has 2 aliphatic rings. The Morgan fingerprint density at radius 1 is 0.490 bits per heavy atom. The molecule has 28 heteroatoms. The Morgan fingerprint density at radius 2 is 0.870 bits per heavy atom. The molecule has 19 nitrogen and oxygen atoms in total. The molecule has 0 radical (unpaired) electrons. The third-order valence-corrected chi connectivity index (χ3v) is 21.3. The van der Waals surface area contributed by atoms with Gasteiger partial charge in [-0.25, -0.2) is 27.6 Å². The summed E-state index contributed by atoms with van der Waals surface area (Å²) in [5, 5.41) is 19.3. The summed E-state index contributed by atoms with van der Waals surface area (Å²) in [6.07, 6.45) is 0. The number of pyridine rings is 3. The molecular formula is C72H69ClF3N7O12S5. The number of nitrogens with one attached hydrogen (secondary N) is 1. The van der Waals surface area contributed by atoms with Crippen LogP contribution in [0.2, 0.25) is 5.02 Å². The lowest BCUT2D eigenvalue weighted by atomic mass is 10.1. The summed E-state index contributed by atoms with van der Waals surface area (Å²) in [5.74, 6) is -3.70. The smallest absolute Gasteiger partial charge is 0.347 e. The lowest BCUT2D eigenvalue weighted by Gasteiger charge is -2.37. The molecule has 10 heterocycles. The van der Waals surface area contributed by atoms with Crippen LogP contribution in [0.15, 0.2) is 140 Å². The van der Waals surface area contributed by atoms with Crippen LogP contribution in [0, 0.1) is 38.2 Å². The van der Waals surface area contributed by atoms with Crippen molar-refractivity contribution in [3.8, 4) is 5.75 Å². The van der Waals surface area contributed by atoms with E-state index in [1.54, 1.807) is 68.1 Å². The van der Waals surface area contributed by atoms with E-state index in [0.717, 1.165) is 51.1 Å². The summed E-state index contributed by atoms with van der Waals surface area (Å²) in [6, 6.07) is 31.0. The van der Waals surface area contributed by atoms with Gasteiger partial charge in [0.25, 0.3) is 28.5 Å². The van der Waals surface area contributed by atoms with Crippen molar-refractivity contribution < 1.29 is 56.5 Å². The molecule has 0 saturated carbocycles. The minimum Gasteiger partial charge on any atom is -0.506 e. The Labute approximate surface area is 597 Å². The largest absolute Gasteiger partial charge is 0.506 e. The van der Waals surface area contributed by atoms with Gasteiger partial charge in [-0.05, 0) is 136 Å². The van der Waals surface area contributed by atoms with Crippen LogP contribution < -0.4 is 26.9 Å². The first kappa shape index (κ1) is 73.5. The zero-order valence-corrected chi connectivity index (χ0v) is 60.0. The SMILES string of the molecule is CCOC(=O)c1c(Cl)c2cc(C)sc2n(Cc2cccc(F)c2)c1=O.CCOC(=O)c1c(N2CCN(C(=O)c3cccs3)CC2)c2cc(C)sc2n(Cc2cccc(F)c2)c1=O.CCOC(=O)c1c(O)c2cc(C)sc2n(Cc2cccc(F)c2)c1=O.O=C(c1cccs1)N1CCNCC1. The molecule has 2 N–H and O–H groups in total. The number of fused-ring (bicyclic) bond motifs is 3. The zero-order chi connectivity index (χ0) is 71.5. The lowest BCUT2D eigenvalue weighted by molar-refractivity contribution is 0.0511. The Morgan fingerprint density at radius 3 is 1.30 bits per heavy atom. The van der Waals surface area contributed by atoms with Crippen LogP contribution in [0.1, 0.15) is 103 Å². The predicted octanol–water partition coefficient (Wildman–Crippen LogP) is 13.4. The average Bonchev–Trinajstić information content (AvgIpc) is 1.46. The first-order chi connectivity index (χ1) is 48.1. The van der Waals surface area contributed by atoms with Gasteiger partial charge in [-0.1, -0.05) is 60.1 Å². The van der Waals surface area contributed by atoms with Crippen LogP contribution in [0.4, 0.5) is 18.9 Å². The van der Waals surface area contributed by atoms with E-state index in [1.807, 2.05) is 77.7 Å².